The van der Waals surface area contributed by atoms with E-state index in [1.807, 2.05) is 54.6 Å². The number of benzene rings is 2. The Morgan fingerprint density at radius 2 is 1.77 bits per heavy atom. The van der Waals surface area contributed by atoms with Gasteiger partial charge in [0.05, 0.1) is 13.0 Å². The van der Waals surface area contributed by atoms with Crippen LogP contribution in [0, 0.1) is 0 Å². The molecule has 0 bridgehead atoms. The second kappa shape index (κ2) is 8.73. The first-order valence-electron chi connectivity index (χ1n) is 9.85. The first kappa shape index (κ1) is 19.6. The fourth-order valence-corrected chi connectivity index (χ4v) is 3.58. The smallest absolute Gasteiger partial charge is 0.347 e. The Hall–Kier alpha value is -3.74. The van der Waals surface area contributed by atoms with Gasteiger partial charge in [-0.1, -0.05) is 42.5 Å². The third-order valence-corrected chi connectivity index (χ3v) is 5.11. The van der Waals surface area contributed by atoms with Crippen molar-refractivity contribution in [1.29, 1.82) is 0 Å². The van der Waals surface area contributed by atoms with Crippen LogP contribution in [0.1, 0.15) is 17.5 Å². The summed E-state index contributed by atoms with van der Waals surface area (Å²) in [5, 5.41) is 3.17. The summed E-state index contributed by atoms with van der Waals surface area (Å²) >= 11 is 0. The third kappa shape index (κ3) is 4.46. The molecule has 1 aliphatic heterocycles. The molecule has 2 aromatic carbocycles. The van der Waals surface area contributed by atoms with Crippen molar-refractivity contribution in [3.05, 3.63) is 94.7 Å². The van der Waals surface area contributed by atoms with Gasteiger partial charge in [0.1, 0.15) is 6.04 Å². The maximum absolute atomic E-state index is 12.8. The molecule has 7 nitrogen and oxygen atoms in total. The van der Waals surface area contributed by atoms with Gasteiger partial charge in [-0.25, -0.2) is 9.78 Å². The van der Waals surface area contributed by atoms with Crippen LogP contribution in [0.25, 0.3) is 0 Å². The highest BCUT2D eigenvalue weighted by Crippen LogP contribution is 2.20. The van der Waals surface area contributed by atoms with Crippen molar-refractivity contribution in [3.8, 4) is 0 Å². The molecule has 1 N–H and O–H groups in total. The Balaban J connectivity index is 1.40. The zero-order valence-corrected chi connectivity index (χ0v) is 16.4. The highest BCUT2D eigenvalue weighted by Gasteiger charge is 2.38. The number of amides is 2. The first-order chi connectivity index (χ1) is 14.6. The molecular weight excluding hydrogens is 380 g/mol. The number of nitrogens with one attached hydrogen (secondary N) is 1. The lowest BCUT2D eigenvalue weighted by molar-refractivity contribution is -0.138. The fraction of sp³-hybridized carbons (Fsp3) is 0.217. The lowest BCUT2D eigenvalue weighted by atomic mass is 10.1. The van der Waals surface area contributed by atoms with Crippen molar-refractivity contribution < 1.29 is 9.59 Å². The summed E-state index contributed by atoms with van der Waals surface area (Å²) in [6.45, 7) is 0.757. The van der Waals surface area contributed by atoms with Crippen LogP contribution in [0.15, 0.2) is 77.9 Å². The van der Waals surface area contributed by atoms with Gasteiger partial charge in [-0.05, 0) is 35.7 Å². The Labute approximate surface area is 174 Å². The zero-order valence-electron chi connectivity index (χ0n) is 16.4. The minimum atomic E-state index is -0.579. The van der Waals surface area contributed by atoms with Gasteiger partial charge in [0, 0.05) is 24.6 Å². The average Bonchev–Trinajstić information content (AvgIpc) is 3.02. The van der Waals surface area contributed by atoms with Crippen molar-refractivity contribution in [2.24, 2.45) is 0 Å². The number of nitrogens with zero attached hydrogens (tertiary/aromatic N) is 3. The minimum absolute atomic E-state index is 0.139. The van der Waals surface area contributed by atoms with Crippen LogP contribution in [0.4, 0.5) is 5.69 Å². The average molecular weight is 402 g/mol. The standard InChI is InChI=1S/C23H22N4O3/c28-21-15-20(22(29)27(21)13-10-17-6-2-1-3-7-17)25-19-9-4-8-18(14-19)16-26-12-5-11-24-23(26)30/h1-9,11-12,14,20,25H,10,13,15-16H2. The van der Waals surface area contributed by atoms with E-state index in [-0.39, 0.29) is 23.9 Å². The number of aromatic nitrogens is 2. The maximum Gasteiger partial charge on any atom is 0.347 e. The van der Waals surface area contributed by atoms with Crippen molar-refractivity contribution in [2.45, 2.75) is 25.4 Å². The van der Waals surface area contributed by atoms with Crippen molar-refractivity contribution in [2.75, 3.05) is 11.9 Å². The number of anilines is 1. The summed E-state index contributed by atoms with van der Waals surface area (Å²) in [5.41, 5.74) is 2.41. The van der Waals surface area contributed by atoms with Crippen LogP contribution >= 0.6 is 0 Å². The number of rotatable bonds is 7. The maximum atomic E-state index is 12.8. The van der Waals surface area contributed by atoms with E-state index >= 15 is 0 Å². The molecule has 0 radical (unpaired) electrons. The summed E-state index contributed by atoms with van der Waals surface area (Å²) in [5.74, 6) is -0.365. The molecule has 1 atom stereocenters. The lowest BCUT2D eigenvalue weighted by Crippen LogP contribution is -2.36. The van der Waals surface area contributed by atoms with Crippen LogP contribution in [0.3, 0.4) is 0 Å². The molecule has 1 fully saturated rings. The number of likely N-dealkylation sites (tertiary alicyclic amines) is 1. The Morgan fingerprint density at radius 3 is 2.57 bits per heavy atom. The topological polar surface area (TPSA) is 84.3 Å². The third-order valence-electron chi connectivity index (χ3n) is 5.11. The number of imide groups is 1. The number of hydrogen-bond acceptors (Lipinski definition) is 5. The number of carbonyl (C=O) groups is 2. The molecule has 7 heteroatoms. The van der Waals surface area contributed by atoms with Crippen molar-refractivity contribution in [3.63, 3.8) is 0 Å². The van der Waals surface area contributed by atoms with Gasteiger partial charge in [-0.15, -0.1) is 0 Å². The summed E-state index contributed by atoms with van der Waals surface area (Å²) in [7, 11) is 0. The quantitative estimate of drug-likeness (QED) is 0.612. The molecule has 1 saturated heterocycles. The summed E-state index contributed by atoms with van der Waals surface area (Å²) in [6, 6.07) is 18.4. The van der Waals surface area contributed by atoms with Gasteiger partial charge in [-0.2, -0.15) is 0 Å². The highest BCUT2D eigenvalue weighted by atomic mass is 16.2. The van der Waals surface area contributed by atoms with E-state index in [0.717, 1.165) is 16.8 Å². The van der Waals surface area contributed by atoms with Gasteiger partial charge in [0.2, 0.25) is 5.91 Å². The molecule has 3 aromatic rings. The van der Waals surface area contributed by atoms with Crippen LogP contribution < -0.4 is 11.0 Å². The van der Waals surface area contributed by atoms with E-state index in [1.165, 1.54) is 15.7 Å². The van der Waals surface area contributed by atoms with Gasteiger partial charge in [-0.3, -0.25) is 19.1 Å². The second-order valence-corrected chi connectivity index (χ2v) is 7.25. The van der Waals surface area contributed by atoms with Crippen LogP contribution in [-0.2, 0) is 22.6 Å². The predicted molar refractivity (Wildman–Crippen MR) is 113 cm³/mol. The molecule has 0 saturated carbocycles. The Morgan fingerprint density at radius 1 is 0.967 bits per heavy atom. The first-order valence-corrected chi connectivity index (χ1v) is 9.85. The van der Waals surface area contributed by atoms with Crippen LogP contribution in [-0.4, -0.2) is 38.9 Å². The Bertz CT molecular complexity index is 1110. The summed E-state index contributed by atoms with van der Waals surface area (Å²) in [4.78, 5) is 42.0. The molecule has 2 amide bonds. The summed E-state index contributed by atoms with van der Waals surface area (Å²) < 4.78 is 1.51. The largest absolute Gasteiger partial charge is 0.373 e. The normalized spacial score (nSPS) is 16.1. The van der Waals surface area contributed by atoms with E-state index in [1.54, 1.807) is 12.3 Å². The molecule has 1 aliphatic rings. The van der Waals surface area contributed by atoms with E-state index in [4.69, 9.17) is 0 Å². The van der Waals surface area contributed by atoms with Crippen LogP contribution in [0.5, 0.6) is 0 Å². The molecule has 152 valence electrons. The van der Waals surface area contributed by atoms with E-state index in [9.17, 15) is 14.4 Å². The molecule has 0 spiro atoms. The molecule has 1 unspecified atom stereocenters. The van der Waals surface area contributed by atoms with Gasteiger partial charge >= 0.3 is 5.69 Å². The SMILES string of the molecule is O=C1CC(Nc2cccc(Cn3cccnc3=O)c2)C(=O)N1CCc1ccccc1. The van der Waals surface area contributed by atoms with Crippen molar-refractivity contribution >= 4 is 17.5 Å². The molecule has 0 aliphatic carbocycles. The van der Waals surface area contributed by atoms with Crippen LogP contribution in [0.2, 0.25) is 0 Å². The van der Waals surface area contributed by atoms with Crippen molar-refractivity contribution in [1.82, 2.24) is 14.5 Å². The van der Waals surface area contributed by atoms with E-state index < -0.39 is 6.04 Å². The fourth-order valence-electron chi connectivity index (χ4n) is 3.58. The monoisotopic (exact) mass is 402 g/mol. The molecule has 2 heterocycles. The number of carbonyl (C=O) groups excluding carboxylic acids is 2. The zero-order chi connectivity index (χ0) is 20.9. The van der Waals surface area contributed by atoms with Gasteiger partial charge < -0.3 is 5.32 Å². The van der Waals surface area contributed by atoms with Gasteiger partial charge in [0.25, 0.3) is 5.91 Å². The highest BCUT2D eigenvalue weighted by molar-refractivity contribution is 6.06. The minimum Gasteiger partial charge on any atom is -0.373 e. The summed E-state index contributed by atoms with van der Waals surface area (Å²) in [6.07, 6.45) is 3.92. The lowest BCUT2D eigenvalue weighted by Gasteiger charge is -2.16. The molecular formula is C23H22N4O3. The van der Waals surface area contributed by atoms with E-state index in [2.05, 4.69) is 10.3 Å². The van der Waals surface area contributed by atoms with E-state index in [0.29, 0.717) is 19.5 Å². The molecule has 30 heavy (non-hydrogen) atoms. The molecule has 1 aromatic heterocycles. The number of hydrogen-bond donors (Lipinski definition) is 1. The molecule has 4 rings (SSSR count). The van der Waals surface area contributed by atoms with Gasteiger partial charge in [0.15, 0.2) is 0 Å². The Kier molecular flexibility index (Phi) is 5.70. The second-order valence-electron chi connectivity index (χ2n) is 7.25. The predicted octanol–water partition coefficient (Wildman–Crippen LogP) is 2.07.